The van der Waals surface area contributed by atoms with Crippen LogP contribution in [0.2, 0.25) is 0 Å². The van der Waals surface area contributed by atoms with Gasteiger partial charge in [-0.2, -0.15) is 0 Å². The summed E-state index contributed by atoms with van der Waals surface area (Å²) < 4.78 is 35.6. The highest BCUT2D eigenvalue weighted by Crippen LogP contribution is 2.30. The molecule has 0 atom stereocenters. The number of anilines is 1. The Bertz CT molecular complexity index is 1030. The fourth-order valence-electron chi connectivity index (χ4n) is 3.13. The van der Waals surface area contributed by atoms with Crippen molar-refractivity contribution in [2.24, 2.45) is 0 Å². The molecule has 1 heterocycles. The van der Waals surface area contributed by atoms with Gasteiger partial charge in [0.25, 0.3) is 0 Å². The average molecular weight is 417 g/mol. The lowest BCUT2D eigenvalue weighted by atomic mass is 10.1. The molecule has 3 rings (SSSR count). The number of hydrogen-bond acceptors (Lipinski definition) is 6. The SMILES string of the molecule is CC(C)Oc1ccc(C(=O)OCC(=O)c2ccc3c(c2)CCN3S(C)(=O)=O)cc1. The lowest BCUT2D eigenvalue weighted by Gasteiger charge is -2.16. The summed E-state index contributed by atoms with van der Waals surface area (Å²) in [4.78, 5) is 24.6. The minimum absolute atomic E-state index is 0.0299. The molecule has 0 spiro atoms. The van der Waals surface area contributed by atoms with Crippen LogP contribution >= 0.6 is 0 Å². The van der Waals surface area contributed by atoms with Gasteiger partial charge in [-0.05, 0) is 68.3 Å². The van der Waals surface area contributed by atoms with E-state index in [4.69, 9.17) is 9.47 Å². The van der Waals surface area contributed by atoms with Crippen molar-refractivity contribution in [2.45, 2.75) is 26.4 Å². The van der Waals surface area contributed by atoms with E-state index in [1.54, 1.807) is 42.5 Å². The zero-order valence-corrected chi connectivity index (χ0v) is 17.4. The number of hydrogen-bond donors (Lipinski definition) is 0. The normalized spacial score (nSPS) is 13.3. The van der Waals surface area contributed by atoms with Crippen LogP contribution in [-0.4, -0.2) is 45.7 Å². The molecule has 0 amide bonds. The van der Waals surface area contributed by atoms with Gasteiger partial charge in [0.15, 0.2) is 12.4 Å². The first kappa shape index (κ1) is 20.9. The topological polar surface area (TPSA) is 90.0 Å². The Morgan fingerprint density at radius 2 is 1.72 bits per heavy atom. The van der Waals surface area contributed by atoms with Crippen LogP contribution in [0.3, 0.4) is 0 Å². The van der Waals surface area contributed by atoms with Crippen LogP contribution in [0.5, 0.6) is 5.75 Å². The van der Waals surface area contributed by atoms with Crippen LogP contribution in [0.1, 0.15) is 40.1 Å². The first-order valence-electron chi connectivity index (χ1n) is 9.23. The molecule has 1 aliphatic rings. The molecule has 154 valence electrons. The molecule has 0 N–H and O–H groups in total. The summed E-state index contributed by atoms with van der Waals surface area (Å²) in [5.74, 6) is -0.300. The second kappa shape index (κ2) is 8.24. The van der Waals surface area contributed by atoms with E-state index in [2.05, 4.69) is 0 Å². The van der Waals surface area contributed by atoms with E-state index in [-0.39, 0.29) is 11.9 Å². The van der Waals surface area contributed by atoms with Gasteiger partial charge in [0, 0.05) is 12.1 Å². The van der Waals surface area contributed by atoms with Crippen LogP contribution < -0.4 is 9.04 Å². The van der Waals surface area contributed by atoms with Gasteiger partial charge in [-0.1, -0.05) is 0 Å². The molecule has 2 aromatic carbocycles. The number of nitrogens with zero attached hydrogens (tertiary/aromatic N) is 1. The lowest BCUT2D eigenvalue weighted by molar-refractivity contribution is 0.0474. The Labute approximate surface area is 170 Å². The predicted octanol–water partition coefficient (Wildman–Crippen LogP) is 2.84. The summed E-state index contributed by atoms with van der Waals surface area (Å²) in [7, 11) is -3.34. The van der Waals surface area contributed by atoms with E-state index in [0.29, 0.717) is 35.5 Å². The van der Waals surface area contributed by atoms with Crippen molar-refractivity contribution in [1.29, 1.82) is 0 Å². The number of carbonyl (C=O) groups is 2. The highest BCUT2D eigenvalue weighted by atomic mass is 32.2. The highest BCUT2D eigenvalue weighted by Gasteiger charge is 2.26. The van der Waals surface area contributed by atoms with Crippen molar-refractivity contribution < 1.29 is 27.5 Å². The van der Waals surface area contributed by atoms with Crippen LogP contribution in [0, 0.1) is 0 Å². The lowest BCUT2D eigenvalue weighted by Crippen LogP contribution is -2.27. The zero-order chi connectivity index (χ0) is 21.2. The maximum atomic E-state index is 12.4. The number of Topliss-reactive ketones (excluding diaryl/α,β-unsaturated/α-hetero) is 1. The number of rotatable bonds is 7. The highest BCUT2D eigenvalue weighted by molar-refractivity contribution is 7.92. The van der Waals surface area contributed by atoms with Crippen LogP contribution in [0.15, 0.2) is 42.5 Å². The third kappa shape index (κ3) is 4.95. The van der Waals surface area contributed by atoms with Crippen LogP contribution in [0.25, 0.3) is 0 Å². The molecular formula is C21H23NO6S. The van der Waals surface area contributed by atoms with E-state index in [9.17, 15) is 18.0 Å². The summed E-state index contributed by atoms with van der Waals surface area (Å²) in [6, 6.07) is 11.3. The molecule has 0 saturated carbocycles. The number of benzene rings is 2. The van der Waals surface area contributed by atoms with Crippen LogP contribution in [0.4, 0.5) is 5.69 Å². The van der Waals surface area contributed by atoms with Crippen LogP contribution in [-0.2, 0) is 21.2 Å². The number of sulfonamides is 1. The summed E-state index contributed by atoms with van der Waals surface area (Å²) in [5.41, 5.74) is 2.08. The largest absolute Gasteiger partial charge is 0.491 e. The number of carbonyl (C=O) groups excluding carboxylic acids is 2. The molecule has 0 saturated heterocycles. The Morgan fingerprint density at radius 3 is 2.34 bits per heavy atom. The van der Waals surface area contributed by atoms with Gasteiger partial charge in [0.05, 0.1) is 23.6 Å². The molecule has 1 aliphatic heterocycles. The fourth-order valence-corrected chi connectivity index (χ4v) is 4.09. The summed E-state index contributed by atoms with van der Waals surface area (Å²) in [5, 5.41) is 0. The molecule has 8 heteroatoms. The molecule has 0 fully saturated rings. The minimum atomic E-state index is -3.34. The van der Waals surface area contributed by atoms with Crippen molar-refractivity contribution in [3.8, 4) is 5.75 Å². The maximum Gasteiger partial charge on any atom is 0.338 e. The van der Waals surface area contributed by atoms with Gasteiger partial charge in [-0.15, -0.1) is 0 Å². The van der Waals surface area contributed by atoms with Crippen molar-refractivity contribution >= 4 is 27.5 Å². The van der Waals surface area contributed by atoms with E-state index in [1.807, 2.05) is 13.8 Å². The summed E-state index contributed by atoms with van der Waals surface area (Å²) in [6.07, 6.45) is 1.72. The molecule has 0 aromatic heterocycles. The minimum Gasteiger partial charge on any atom is -0.491 e. The number of esters is 1. The van der Waals surface area contributed by atoms with Crippen molar-refractivity contribution in [3.63, 3.8) is 0 Å². The fraction of sp³-hybridized carbons (Fsp3) is 0.333. The molecule has 0 bridgehead atoms. The Kier molecular flexibility index (Phi) is 5.93. The standard InChI is InChI=1S/C21H23NO6S/c1-14(2)28-18-7-4-15(5-8-18)21(24)27-13-20(23)17-6-9-19-16(12-17)10-11-22(19)29(3,25)26/h4-9,12,14H,10-11,13H2,1-3H3. The van der Waals surface area contributed by atoms with E-state index in [0.717, 1.165) is 11.8 Å². The first-order valence-corrected chi connectivity index (χ1v) is 11.1. The number of ketones is 1. The molecule has 7 nitrogen and oxygen atoms in total. The monoisotopic (exact) mass is 417 g/mol. The molecule has 2 aromatic rings. The Balaban J connectivity index is 1.62. The first-order chi connectivity index (χ1) is 13.6. The molecule has 0 unspecified atom stereocenters. The summed E-state index contributed by atoms with van der Waals surface area (Å²) >= 11 is 0. The molecule has 0 aliphatic carbocycles. The second-order valence-corrected chi connectivity index (χ2v) is 9.03. The summed E-state index contributed by atoms with van der Waals surface area (Å²) in [6.45, 7) is 3.78. The van der Waals surface area contributed by atoms with Crippen molar-refractivity contribution in [3.05, 3.63) is 59.2 Å². The van der Waals surface area contributed by atoms with Gasteiger partial charge < -0.3 is 9.47 Å². The Hall–Kier alpha value is -2.87. The quantitative estimate of drug-likeness (QED) is 0.508. The van der Waals surface area contributed by atoms with E-state index in [1.165, 1.54) is 4.31 Å². The van der Waals surface area contributed by atoms with Crippen molar-refractivity contribution in [1.82, 2.24) is 0 Å². The zero-order valence-electron chi connectivity index (χ0n) is 16.5. The maximum absolute atomic E-state index is 12.4. The van der Waals surface area contributed by atoms with Crippen molar-refractivity contribution in [2.75, 3.05) is 23.7 Å². The smallest absolute Gasteiger partial charge is 0.338 e. The average Bonchev–Trinajstić information content (AvgIpc) is 3.09. The van der Waals surface area contributed by atoms with E-state index >= 15 is 0 Å². The van der Waals surface area contributed by atoms with Gasteiger partial charge in [-0.25, -0.2) is 13.2 Å². The van der Waals surface area contributed by atoms with Gasteiger partial charge in [0.1, 0.15) is 5.75 Å². The van der Waals surface area contributed by atoms with E-state index < -0.39 is 22.6 Å². The predicted molar refractivity (Wildman–Crippen MR) is 109 cm³/mol. The third-order valence-electron chi connectivity index (χ3n) is 4.45. The van der Waals surface area contributed by atoms with Gasteiger partial charge >= 0.3 is 5.97 Å². The van der Waals surface area contributed by atoms with Gasteiger partial charge in [0.2, 0.25) is 10.0 Å². The molecule has 29 heavy (non-hydrogen) atoms. The number of fused-ring (bicyclic) bond motifs is 1. The third-order valence-corrected chi connectivity index (χ3v) is 5.63. The molecular weight excluding hydrogens is 394 g/mol. The second-order valence-electron chi connectivity index (χ2n) is 7.12. The van der Waals surface area contributed by atoms with Gasteiger partial charge in [-0.3, -0.25) is 9.10 Å². The molecule has 0 radical (unpaired) electrons. The number of ether oxygens (including phenoxy) is 2. The Morgan fingerprint density at radius 1 is 1.07 bits per heavy atom.